The summed E-state index contributed by atoms with van der Waals surface area (Å²) in [5.41, 5.74) is 7.80. The van der Waals surface area contributed by atoms with Crippen LogP contribution in [0.3, 0.4) is 0 Å². The highest BCUT2D eigenvalue weighted by atomic mass is 19.1. The van der Waals surface area contributed by atoms with Crippen molar-refractivity contribution in [3.63, 3.8) is 0 Å². The average molecular weight is 398 g/mol. The Morgan fingerprint density at radius 3 is 2.76 bits per heavy atom. The van der Waals surface area contributed by atoms with Crippen LogP contribution in [-0.2, 0) is 16.6 Å². The number of hydrogen-bond donors (Lipinski definition) is 1. The zero-order valence-electron chi connectivity index (χ0n) is 16.4. The number of benzene rings is 1. The minimum Gasteiger partial charge on any atom is -0.466 e. The topological polar surface area (TPSA) is 99.2 Å². The van der Waals surface area contributed by atoms with Gasteiger partial charge in [-0.1, -0.05) is 12.1 Å². The molecule has 3 aromatic rings. The number of nitrogens with two attached hydrogens (primary N) is 1. The van der Waals surface area contributed by atoms with E-state index in [9.17, 15) is 9.18 Å². The van der Waals surface area contributed by atoms with Crippen LogP contribution in [0.15, 0.2) is 24.3 Å². The zero-order chi connectivity index (χ0) is 20.5. The summed E-state index contributed by atoms with van der Waals surface area (Å²) >= 11 is 0. The molecule has 2 aromatic heterocycles. The van der Waals surface area contributed by atoms with Crippen LogP contribution in [0.25, 0.3) is 22.3 Å². The summed E-state index contributed by atoms with van der Waals surface area (Å²) in [6, 6.07) is 6.23. The summed E-state index contributed by atoms with van der Waals surface area (Å²) in [6.07, 6.45) is 1.33. The minimum absolute atomic E-state index is 0.108. The summed E-state index contributed by atoms with van der Waals surface area (Å²) in [5, 5.41) is 4.99. The van der Waals surface area contributed by atoms with Crippen molar-refractivity contribution in [3.8, 4) is 11.3 Å². The second-order valence-corrected chi connectivity index (χ2v) is 7.10. The van der Waals surface area contributed by atoms with Gasteiger partial charge in [0, 0.05) is 25.7 Å². The maximum Gasteiger partial charge on any atom is 0.309 e. The molecule has 0 aliphatic carbocycles. The maximum atomic E-state index is 13.8. The van der Waals surface area contributed by atoms with Crippen LogP contribution in [0.5, 0.6) is 0 Å². The first-order valence-corrected chi connectivity index (χ1v) is 9.65. The van der Waals surface area contributed by atoms with E-state index in [4.69, 9.17) is 15.5 Å². The summed E-state index contributed by atoms with van der Waals surface area (Å²) < 4.78 is 20.5. The largest absolute Gasteiger partial charge is 0.466 e. The molecule has 0 radical (unpaired) electrons. The number of aromatic nitrogens is 4. The second-order valence-electron chi connectivity index (χ2n) is 7.10. The van der Waals surface area contributed by atoms with Gasteiger partial charge in [0.2, 0.25) is 5.95 Å². The zero-order valence-corrected chi connectivity index (χ0v) is 16.4. The second kappa shape index (κ2) is 7.65. The molecule has 3 heterocycles. The molecule has 0 unspecified atom stereocenters. The van der Waals surface area contributed by atoms with Crippen molar-refractivity contribution in [3.05, 3.63) is 30.1 Å². The first-order valence-electron chi connectivity index (χ1n) is 9.65. The summed E-state index contributed by atoms with van der Waals surface area (Å²) in [6.45, 7) is 3.44. The fourth-order valence-corrected chi connectivity index (χ4v) is 3.66. The molecule has 8 nitrogen and oxygen atoms in total. The Kier molecular flexibility index (Phi) is 5.04. The van der Waals surface area contributed by atoms with Gasteiger partial charge in [-0.3, -0.25) is 9.48 Å². The molecule has 4 rings (SSSR count). The molecule has 152 valence electrons. The van der Waals surface area contributed by atoms with Gasteiger partial charge in [-0.2, -0.15) is 10.1 Å². The predicted molar refractivity (Wildman–Crippen MR) is 108 cm³/mol. The predicted octanol–water partition coefficient (Wildman–Crippen LogP) is 2.53. The monoisotopic (exact) mass is 398 g/mol. The van der Waals surface area contributed by atoms with Gasteiger partial charge in [-0.25, -0.2) is 9.37 Å². The number of rotatable bonds is 4. The quantitative estimate of drug-likeness (QED) is 0.674. The Bertz CT molecular complexity index is 1060. The number of fused-ring (bicyclic) bond motifs is 1. The van der Waals surface area contributed by atoms with Gasteiger partial charge in [0.1, 0.15) is 11.6 Å². The lowest BCUT2D eigenvalue weighted by Gasteiger charge is -2.31. The van der Waals surface area contributed by atoms with Crippen molar-refractivity contribution < 1.29 is 13.9 Å². The number of piperidine rings is 1. The van der Waals surface area contributed by atoms with E-state index in [1.807, 2.05) is 11.8 Å². The first-order chi connectivity index (χ1) is 14.0. The van der Waals surface area contributed by atoms with Gasteiger partial charge in [0.05, 0.1) is 23.6 Å². The normalized spacial score (nSPS) is 15.1. The molecular weight excluding hydrogens is 375 g/mol. The number of halogens is 1. The Morgan fingerprint density at radius 2 is 2.07 bits per heavy atom. The van der Waals surface area contributed by atoms with Gasteiger partial charge in [-0.15, -0.1) is 0 Å². The van der Waals surface area contributed by atoms with E-state index in [1.54, 1.807) is 23.9 Å². The molecule has 1 aromatic carbocycles. The smallest absolute Gasteiger partial charge is 0.309 e. The van der Waals surface area contributed by atoms with Crippen molar-refractivity contribution in [1.82, 2.24) is 19.7 Å². The third-order valence-electron chi connectivity index (χ3n) is 5.22. The van der Waals surface area contributed by atoms with E-state index in [1.165, 1.54) is 12.1 Å². The number of nitrogens with zero attached hydrogens (tertiary/aromatic N) is 5. The van der Waals surface area contributed by atoms with Gasteiger partial charge in [0.25, 0.3) is 0 Å². The molecule has 1 saturated heterocycles. The Hall–Kier alpha value is -3.23. The van der Waals surface area contributed by atoms with Crippen molar-refractivity contribution >= 4 is 28.8 Å². The molecule has 1 fully saturated rings. The van der Waals surface area contributed by atoms with E-state index in [2.05, 4.69) is 10.1 Å². The van der Waals surface area contributed by atoms with Gasteiger partial charge >= 0.3 is 5.97 Å². The van der Waals surface area contributed by atoms with Crippen LogP contribution in [0, 0.1) is 11.7 Å². The number of aryl methyl sites for hydroxylation is 1. The van der Waals surface area contributed by atoms with Crippen molar-refractivity contribution in [1.29, 1.82) is 0 Å². The lowest BCUT2D eigenvalue weighted by Crippen LogP contribution is -2.38. The van der Waals surface area contributed by atoms with E-state index in [0.29, 0.717) is 66.6 Å². The SMILES string of the molecule is CCOC(=O)C1CCN(c2nc(-c3cccc(F)c3)c3c(N)n(C)nc3n2)CC1. The molecule has 0 saturated carbocycles. The number of carbonyl (C=O) groups excluding carboxylic acids is 1. The van der Waals surface area contributed by atoms with Gasteiger partial charge in [-0.05, 0) is 31.9 Å². The standard InChI is InChI=1S/C20H23FN6O2/c1-3-29-19(28)12-7-9-27(10-8-12)20-23-16(13-5-4-6-14(21)11-13)15-17(22)26(2)25-18(15)24-20/h4-6,11-12H,3,7-10,22H2,1-2H3. The lowest BCUT2D eigenvalue weighted by atomic mass is 9.97. The summed E-state index contributed by atoms with van der Waals surface area (Å²) in [7, 11) is 1.73. The number of hydrogen-bond acceptors (Lipinski definition) is 7. The third-order valence-corrected chi connectivity index (χ3v) is 5.22. The Labute approximate surface area is 167 Å². The van der Waals surface area contributed by atoms with Crippen LogP contribution in [0.2, 0.25) is 0 Å². The molecule has 0 atom stereocenters. The van der Waals surface area contributed by atoms with Crippen LogP contribution in [-0.4, -0.2) is 45.4 Å². The van der Waals surface area contributed by atoms with Gasteiger partial charge < -0.3 is 15.4 Å². The van der Waals surface area contributed by atoms with Crippen molar-refractivity contribution in [2.24, 2.45) is 13.0 Å². The van der Waals surface area contributed by atoms with E-state index >= 15 is 0 Å². The molecule has 0 bridgehead atoms. The molecule has 0 amide bonds. The van der Waals surface area contributed by atoms with Crippen molar-refractivity contribution in [2.75, 3.05) is 30.3 Å². The molecular formula is C20H23FN6O2. The van der Waals surface area contributed by atoms with Crippen LogP contribution in [0.4, 0.5) is 16.2 Å². The molecule has 0 spiro atoms. The minimum atomic E-state index is -0.353. The highest BCUT2D eigenvalue weighted by Gasteiger charge is 2.28. The van der Waals surface area contributed by atoms with Crippen molar-refractivity contribution in [2.45, 2.75) is 19.8 Å². The highest BCUT2D eigenvalue weighted by Crippen LogP contribution is 2.33. The molecule has 1 aliphatic rings. The molecule has 29 heavy (non-hydrogen) atoms. The number of ether oxygens (including phenoxy) is 1. The van der Waals surface area contributed by atoms with E-state index < -0.39 is 0 Å². The first kappa shape index (κ1) is 19.1. The average Bonchev–Trinajstić information content (AvgIpc) is 3.01. The Balaban J connectivity index is 1.71. The molecule has 1 aliphatic heterocycles. The molecule has 2 N–H and O–H groups in total. The van der Waals surface area contributed by atoms with E-state index in [0.717, 1.165) is 0 Å². The fraction of sp³-hybridized carbons (Fsp3) is 0.400. The van der Waals surface area contributed by atoms with Gasteiger partial charge in [0.15, 0.2) is 5.65 Å². The van der Waals surface area contributed by atoms with Crippen LogP contribution in [0.1, 0.15) is 19.8 Å². The highest BCUT2D eigenvalue weighted by molar-refractivity contribution is 5.98. The number of esters is 1. The van der Waals surface area contributed by atoms with E-state index in [-0.39, 0.29) is 17.7 Å². The molecule has 9 heteroatoms. The van der Waals surface area contributed by atoms with Crippen LogP contribution >= 0.6 is 0 Å². The number of anilines is 2. The maximum absolute atomic E-state index is 13.8. The summed E-state index contributed by atoms with van der Waals surface area (Å²) in [4.78, 5) is 23.3. The lowest BCUT2D eigenvalue weighted by molar-refractivity contribution is -0.148. The van der Waals surface area contributed by atoms with Crippen LogP contribution < -0.4 is 10.6 Å². The Morgan fingerprint density at radius 1 is 1.31 bits per heavy atom. The third kappa shape index (κ3) is 3.59. The summed E-state index contributed by atoms with van der Waals surface area (Å²) in [5.74, 6) is 0.308. The number of nitrogen functional groups attached to an aromatic ring is 1. The fourth-order valence-electron chi connectivity index (χ4n) is 3.66. The number of carbonyl (C=O) groups is 1.